The van der Waals surface area contributed by atoms with Gasteiger partial charge in [-0.1, -0.05) is 13.8 Å². The Balaban J connectivity index is 2.24. The van der Waals surface area contributed by atoms with Crippen molar-refractivity contribution in [1.82, 2.24) is 5.32 Å². The molecule has 0 saturated carbocycles. The number of nitrogens with one attached hydrogen (secondary N) is 1. The van der Waals surface area contributed by atoms with E-state index in [2.05, 4.69) is 39.9 Å². The summed E-state index contributed by atoms with van der Waals surface area (Å²) in [5.74, 6) is 0.634. The average Bonchev–Trinajstić information content (AvgIpc) is 2.40. The van der Waals surface area contributed by atoms with Crippen LogP contribution in [-0.4, -0.2) is 17.9 Å². The summed E-state index contributed by atoms with van der Waals surface area (Å²) < 4.78 is 5.44. The lowest BCUT2D eigenvalue weighted by Crippen LogP contribution is -2.39. The van der Waals surface area contributed by atoms with Gasteiger partial charge in [-0.05, 0) is 26.7 Å². The fourth-order valence-corrected chi connectivity index (χ4v) is 1.17. The Hall–Kier alpha value is -0.0800. The SMILES string of the molecule is CC(C)C1OC1NC(C)(C)C. The van der Waals surface area contributed by atoms with Gasteiger partial charge in [-0.2, -0.15) is 0 Å². The summed E-state index contributed by atoms with van der Waals surface area (Å²) in [7, 11) is 0. The van der Waals surface area contributed by atoms with Gasteiger partial charge in [0.2, 0.25) is 0 Å². The molecule has 1 fully saturated rings. The van der Waals surface area contributed by atoms with Gasteiger partial charge >= 0.3 is 0 Å². The molecule has 66 valence electrons. The predicted molar refractivity (Wildman–Crippen MR) is 46.4 cm³/mol. The minimum Gasteiger partial charge on any atom is -0.353 e. The van der Waals surface area contributed by atoms with E-state index in [4.69, 9.17) is 4.74 Å². The molecule has 1 heterocycles. The van der Waals surface area contributed by atoms with E-state index in [9.17, 15) is 0 Å². The van der Waals surface area contributed by atoms with E-state index in [0.29, 0.717) is 18.2 Å². The van der Waals surface area contributed by atoms with Crippen molar-refractivity contribution in [2.75, 3.05) is 0 Å². The summed E-state index contributed by atoms with van der Waals surface area (Å²) in [6, 6.07) is 0. The van der Waals surface area contributed by atoms with E-state index >= 15 is 0 Å². The van der Waals surface area contributed by atoms with E-state index in [-0.39, 0.29) is 5.54 Å². The van der Waals surface area contributed by atoms with Gasteiger partial charge in [-0.3, -0.25) is 5.32 Å². The Morgan fingerprint density at radius 1 is 1.27 bits per heavy atom. The van der Waals surface area contributed by atoms with Crippen molar-refractivity contribution >= 4 is 0 Å². The van der Waals surface area contributed by atoms with Crippen LogP contribution in [-0.2, 0) is 4.74 Å². The summed E-state index contributed by atoms with van der Waals surface area (Å²) >= 11 is 0. The van der Waals surface area contributed by atoms with Gasteiger partial charge in [-0.25, -0.2) is 0 Å². The first kappa shape index (κ1) is 9.01. The largest absolute Gasteiger partial charge is 0.353 e. The summed E-state index contributed by atoms with van der Waals surface area (Å²) in [6.07, 6.45) is 0.740. The highest BCUT2D eigenvalue weighted by molar-refractivity contribution is 4.89. The smallest absolute Gasteiger partial charge is 0.135 e. The Kier molecular flexibility index (Phi) is 2.26. The van der Waals surface area contributed by atoms with Gasteiger partial charge in [-0.15, -0.1) is 0 Å². The Morgan fingerprint density at radius 3 is 2.09 bits per heavy atom. The molecule has 11 heavy (non-hydrogen) atoms. The first-order valence-electron chi connectivity index (χ1n) is 4.33. The maximum absolute atomic E-state index is 5.44. The second-order valence-corrected chi connectivity index (χ2v) is 4.66. The molecule has 2 unspecified atom stereocenters. The van der Waals surface area contributed by atoms with Gasteiger partial charge in [0, 0.05) is 5.54 Å². The quantitative estimate of drug-likeness (QED) is 0.618. The molecule has 2 heteroatoms. The van der Waals surface area contributed by atoms with Crippen LogP contribution in [0.3, 0.4) is 0 Å². The monoisotopic (exact) mass is 157 g/mol. The summed E-state index contributed by atoms with van der Waals surface area (Å²) in [5.41, 5.74) is 0.175. The van der Waals surface area contributed by atoms with Crippen LogP contribution in [0.5, 0.6) is 0 Å². The van der Waals surface area contributed by atoms with Crippen molar-refractivity contribution in [1.29, 1.82) is 0 Å². The maximum atomic E-state index is 5.44. The minimum absolute atomic E-state index is 0.175. The van der Waals surface area contributed by atoms with Gasteiger partial charge in [0.15, 0.2) is 0 Å². The molecule has 2 atom stereocenters. The molecule has 0 aromatic heterocycles. The molecule has 0 radical (unpaired) electrons. The second-order valence-electron chi connectivity index (χ2n) is 4.66. The van der Waals surface area contributed by atoms with Gasteiger partial charge in [0.1, 0.15) is 12.3 Å². The van der Waals surface area contributed by atoms with Gasteiger partial charge < -0.3 is 4.74 Å². The zero-order valence-corrected chi connectivity index (χ0v) is 8.14. The molecule has 1 rings (SSSR count). The minimum atomic E-state index is 0.175. The van der Waals surface area contributed by atoms with Crippen LogP contribution in [0.25, 0.3) is 0 Å². The molecule has 1 saturated heterocycles. The molecule has 0 spiro atoms. The van der Waals surface area contributed by atoms with Crippen LogP contribution in [0.4, 0.5) is 0 Å². The van der Waals surface area contributed by atoms with Crippen LogP contribution in [0.15, 0.2) is 0 Å². The molecule has 1 N–H and O–H groups in total. The standard InChI is InChI=1S/C9H19NO/c1-6(2)7-8(11-7)10-9(3,4)5/h6-8,10H,1-5H3. The van der Waals surface area contributed by atoms with Crippen molar-refractivity contribution in [3.05, 3.63) is 0 Å². The van der Waals surface area contributed by atoms with E-state index in [1.54, 1.807) is 0 Å². The lowest BCUT2D eigenvalue weighted by molar-refractivity contribution is 0.287. The molecule has 0 amide bonds. The molecular weight excluding hydrogens is 138 g/mol. The van der Waals surface area contributed by atoms with Crippen molar-refractivity contribution in [2.24, 2.45) is 5.92 Å². The lowest BCUT2D eigenvalue weighted by Gasteiger charge is -2.18. The lowest BCUT2D eigenvalue weighted by atomic mass is 10.1. The first-order valence-corrected chi connectivity index (χ1v) is 4.33. The number of hydrogen-bond donors (Lipinski definition) is 1. The fraction of sp³-hybridized carbons (Fsp3) is 1.00. The van der Waals surface area contributed by atoms with Crippen LogP contribution in [0.1, 0.15) is 34.6 Å². The van der Waals surface area contributed by atoms with E-state index < -0.39 is 0 Å². The van der Waals surface area contributed by atoms with Crippen LogP contribution >= 0.6 is 0 Å². The van der Waals surface area contributed by atoms with Gasteiger partial charge in [0.05, 0.1) is 0 Å². The highest BCUT2D eigenvalue weighted by Gasteiger charge is 2.42. The van der Waals surface area contributed by atoms with E-state index in [1.807, 2.05) is 0 Å². The Labute approximate surface area is 69.3 Å². The maximum Gasteiger partial charge on any atom is 0.135 e. The summed E-state index contributed by atoms with van der Waals surface area (Å²) in [4.78, 5) is 0. The second kappa shape index (κ2) is 2.76. The number of rotatable bonds is 2. The molecular formula is C9H19NO. The third-order valence-corrected chi connectivity index (χ3v) is 1.76. The Morgan fingerprint density at radius 2 is 1.82 bits per heavy atom. The zero-order valence-electron chi connectivity index (χ0n) is 8.14. The van der Waals surface area contributed by atoms with Crippen molar-refractivity contribution < 1.29 is 4.74 Å². The van der Waals surface area contributed by atoms with Crippen LogP contribution < -0.4 is 5.32 Å². The van der Waals surface area contributed by atoms with Crippen molar-refractivity contribution in [3.63, 3.8) is 0 Å². The average molecular weight is 157 g/mol. The zero-order chi connectivity index (χ0) is 8.65. The van der Waals surface area contributed by atoms with E-state index in [1.165, 1.54) is 0 Å². The van der Waals surface area contributed by atoms with Crippen LogP contribution in [0.2, 0.25) is 0 Å². The Bertz CT molecular complexity index is 137. The molecule has 0 aliphatic carbocycles. The molecule has 0 aromatic carbocycles. The topological polar surface area (TPSA) is 24.6 Å². The third-order valence-electron chi connectivity index (χ3n) is 1.76. The predicted octanol–water partition coefficient (Wildman–Crippen LogP) is 1.76. The van der Waals surface area contributed by atoms with Crippen molar-refractivity contribution in [2.45, 2.75) is 52.5 Å². The normalized spacial score (nSPS) is 31.1. The molecule has 0 aromatic rings. The number of hydrogen-bond acceptors (Lipinski definition) is 2. The summed E-state index contributed by atoms with van der Waals surface area (Å²) in [6.45, 7) is 10.9. The third kappa shape index (κ3) is 2.80. The molecule has 1 aliphatic heterocycles. The van der Waals surface area contributed by atoms with E-state index in [0.717, 1.165) is 0 Å². The fourth-order valence-electron chi connectivity index (χ4n) is 1.17. The van der Waals surface area contributed by atoms with Crippen LogP contribution in [0, 0.1) is 5.92 Å². The molecule has 1 aliphatic rings. The van der Waals surface area contributed by atoms with Gasteiger partial charge in [0.25, 0.3) is 0 Å². The highest BCUT2D eigenvalue weighted by atomic mass is 16.6. The number of epoxide rings is 1. The van der Waals surface area contributed by atoms with Crippen molar-refractivity contribution in [3.8, 4) is 0 Å². The number of ether oxygens (including phenoxy) is 1. The first-order chi connectivity index (χ1) is 4.90. The molecule has 0 bridgehead atoms. The highest BCUT2D eigenvalue weighted by Crippen LogP contribution is 2.28. The summed E-state index contributed by atoms with van der Waals surface area (Å²) in [5, 5.41) is 3.40. The molecule has 2 nitrogen and oxygen atoms in total.